The van der Waals surface area contributed by atoms with Gasteiger partial charge in [-0.05, 0) is 55.2 Å². The zero-order chi connectivity index (χ0) is 20.8. The number of nitrogens with one attached hydrogen (secondary N) is 3. The number of guanidine groups is 1. The van der Waals surface area contributed by atoms with Crippen molar-refractivity contribution in [3.63, 3.8) is 0 Å². The number of hydrogen-bond acceptors (Lipinski definition) is 5. The van der Waals surface area contributed by atoms with Gasteiger partial charge in [-0.2, -0.15) is 0 Å². The molecule has 0 unspecified atom stereocenters. The van der Waals surface area contributed by atoms with Crippen LogP contribution in [-0.2, 0) is 0 Å². The molecule has 1 fully saturated rings. The van der Waals surface area contributed by atoms with Crippen LogP contribution in [0.3, 0.4) is 0 Å². The van der Waals surface area contributed by atoms with Crippen molar-refractivity contribution in [1.82, 2.24) is 10.6 Å². The lowest BCUT2D eigenvalue weighted by Crippen LogP contribution is -2.43. The van der Waals surface area contributed by atoms with Gasteiger partial charge in [0, 0.05) is 42.0 Å². The summed E-state index contributed by atoms with van der Waals surface area (Å²) in [5.74, 6) is 1.41. The van der Waals surface area contributed by atoms with E-state index in [1.165, 1.54) is 19.3 Å². The second-order valence-corrected chi connectivity index (χ2v) is 8.01. The molecule has 1 aliphatic heterocycles. The quantitative estimate of drug-likeness (QED) is 0.574. The van der Waals surface area contributed by atoms with Gasteiger partial charge in [0.15, 0.2) is 11.7 Å². The first-order valence-electron chi connectivity index (χ1n) is 10.8. The molecule has 156 valence electrons. The normalized spacial score (nSPS) is 15.7. The van der Waals surface area contributed by atoms with Gasteiger partial charge in [0.2, 0.25) is 0 Å². The van der Waals surface area contributed by atoms with E-state index in [9.17, 15) is 9.59 Å². The van der Waals surface area contributed by atoms with Gasteiger partial charge in [0.1, 0.15) is 0 Å². The number of amides is 1. The molecule has 0 spiro atoms. The third-order valence-electron chi connectivity index (χ3n) is 5.46. The fraction of sp³-hybridized carbons (Fsp3) is 0.375. The molecule has 0 bridgehead atoms. The summed E-state index contributed by atoms with van der Waals surface area (Å²) in [6.45, 7) is 1.55. The summed E-state index contributed by atoms with van der Waals surface area (Å²) in [5, 5.41) is 9.18. The Labute approximate surface area is 177 Å². The molecule has 6 heteroatoms. The minimum absolute atomic E-state index is 0.187. The average molecular weight is 405 g/mol. The smallest absolute Gasteiger partial charge is 0.257 e. The SMILES string of the molecule is O=C(CCCC1CC1)c1cccc(Nc2ccc(C(=O)NC3=NCCCN3)cc2)c1. The van der Waals surface area contributed by atoms with E-state index in [0.717, 1.165) is 48.8 Å². The highest BCUT2D eigenvalue weighted by Crippen LogP contribution is 2.34. The van der Waals surface area contributed by atoms with Gasteiger partial charge in [-0.15, -0.1) is 0 Å². The molecule has 2 aromatic rings. The number of carbonyl (C=O) groups is 2. The second kappa shape index (κ2) is 9.57. The standard InChI is InChI=1S/C24H28N4O2/c29-22(7-1-4-17-8-9-17)19-5-2-6-21(16-19)27-20-12-10-18(11-13-20)23(30)28-24-25-14-3-15-26-24/h2,5-6,10-13,16-17,27H,1,3-4,7-9,14-15H2,(H2,25,26,28,30). The average Bonchev–Trinajstić information content (AvgIpc) is 3.59. The van der Waals surface area contributed by atoms with Crippen LogP contribution in [0.1, 0.15) is 59.2 Å². The Balaban J connectivity index is 1.33. The number of rotatable bonds is 8. The fourth-order valence-electron chi connectivity index (χ4n) is 3.54. The van der Waals surface area contributed by atoms with Gasteiger partial charge >= 0.3 is 0 Å². The van der Waals surface area contributed by atoms with E-state index >= 15 is 0 Å². The Morgan fingerprint density at radius 2 is 1.87 bits per heavy atom. The zero-order valence-corrected chi connectivity index (χ0v) is 17.1. The molecule has 0 atom stereocenters. The van der Waals surface area contributed by atoms with Crippen LogP contribution < -0.4 is 16.0 Å². The third-order valence-corrected chi connectivity index (χ3v) is 5.46. The monoisotopic (exact) mass is 404 g/mol. The highest BCUT2D eigenvalue weighted by atomic mass is 16.2. The molecule has 1 heterocycles. The van der Waals surface area contributed by atoms with Crippen molar-refractivity contribution in [2.75, 3.05) is 18.4 Å². The molecule has 2 aliphatic rings. The van der Waals surface area contributed by atoms with E-state index in [4.69, 9.17) is 0 Å². The van der Waals surface area contributed by atoms with E-state index in [1.807, 2.05) is 36.4 Å². The summed E-state index contributed by atoms with van der Waals surface area (Å²) < 4.78 is 0. The summed E-state index contributed by atoms with van der Waals surface area (Å²) >= 11 is 0. The zero-order valence-electron chi connectivity index (χ0n) is 17.1. The molecule has 4 rings (SSSR count). The van der Waals surface area contributed by atoms with Gasteiger partial charge in [-0.1, -0.05) is 31.4 Å². The number of aliphatic imine (C=N–C) groups is 1. The lowest BCUT2D eigenvalue weighted by atomic mass is 10.0. The van der Waals surface area contributed by atoms with Crippen LogP contribution in [0.2, 0.25) is 0 Å². The van der Waals surface area contributed by atoms with Crippen LogP contribution >= 0.6 is 0 Å². The number of carbonyl (C=O) groups excluding carboxylic acids is 2. The van der Waals surface area contributed by atoms with Crippen LogP contribution in [0.5, 0.6) is 0 Å². The molecule has 2 aromatic carbocycles. The first-order valence-corrected chi connectivity index (χ1v) is 10.8. The van der Waals surface area contributed by atoms with Gasteiger partial charge in [-0.25, -0.2) is 0 Å². The maximum Gasteiger partial charge on any atom is 0.257 e. The number of anilines is 2. The molecule has 0 saturated heterocycles. The molecular weight excluding hydrogens is 376 g/mol. The maximum absolute atomic E-state index is 12.4. The van der Waals surface area contributed by atoms with Crippen molar-refractivity contribution >= 4 is 29.0 Å². The fourth-order valence-corrected chi connectivity index (χ4v) is 3.54. The van der Waals surface area contributed by atoms with Crippen LogP contribution in [0, 0.1) is 5.92 Å². The van der Waals surface area contributed by atoms with Gasteiger partial charge < -0.3 is 10.6 Å². The van der Waals surface area contributed by atoms with Crippen LogP contribution in [0.4, 0.5) is 11.4 Å². The molecule has 1 amide bonds. The summed E-state index contributed by atoms with van der Waals surface area (Å²) in [4.78, 5) is 29.0. The van der Waals surface area contributed by atoms with E-state index in [-0.39, 0.29) is 11.7 Å². The van der Waals surface area contributed by atoms with Crippen LogP contribution in [-0.4, -0.2) is 30.7 Å². The van der Waals surface area contributed by atoms with Gasteiger partial charge in [0.05, 0.1) is 0 Å². The number of nitrogens with zero attached hydrogens (tertiary/aromatic N) is 1. The van der Waals surface area contributed by atoms with E-state index in [0.29, 0.717) is 17.9 Å². The predicted molar refractivity (Wildman–Crippen MR) is 119 cm³/mol. The highest BCUT2D eigenvalue weighted by molar-refractivity contribution is 6.06. The molecule has 1 saturated carbocycles. The van der Waals surface area contributed by atoms with Crippen molar-refractivity contribution in [2.24, 2.45) is 10.9 Å². The van der Waals surface area contributed by atoms with E-state index in [1.54, 1.807) is 12.1 Å². The Morgan fingerprint density at radius 3 is 2.60 bits per heavy atom. The molecule has 0 radical (unpaired) electrons. The van der Waals surface area contributed by atoms with Crippen molar-refractivity contribution in [2.45, 2.75) is 38.5 Å². The number of benzene rings is 2. The van der Waals surface area contributed by atoms with Crippen molar-refractivity contribution in [1.29, 1.82) is 0 Å². The van der Waals surface area contributed by atoms with Crippen LogP contribution in [0.15, 0.2) is 53.5 Å². The Kier molecular flexibility index (Phi) is 6.42. The Hall–Kier alpha value is -3.15. The van der Waals surface area contributed by atoms with E-state index in [2.05, 4.69) is 20.9 Å². The molecular formula is C24H28N4O2. The second-order valence-electron chi connectivity index (χ2n) is 8.01. The number of ketones is 1. The van der Waals surface area contributed by atoms with Crippen molar-refractivity contribution < 1.29 is 9.59 Å². The predicted octanol–water partition coefficient (Wildman–Crippen LogP) is 4.27. The maximum atomic E-state index is 12.4. The number of Topliss-reactive ketones (excluding diaryl/α,β-unsaturated/α-hetero) is 1. The third kappa shape index (κ3) is 5.69. The minimum Gasteiger partial charge on any atom is -0.356 e. The molecule has 1 aliphatic carbocycles. The highest BCUT2D eigenvalue weighted by Gasteiger charge is 2.20. The van der Waals surface area contributed by atoms with Crippen LogP contribution in [0.25, 0.3) is 0 Å². The number of hydrogen-bond donors (Lipinski definition) is 3. The molecule has 6 nitrogen and oxygen atoms in total. The van der Waals surface area contributed by atoms with Gasteiger partial charge in [-0.3, -0.25) is 19.9 Å². The largest absolute Gasteiger partial charge is 0.356 e. The first kappa shape index (κ1) is 20.1. The van der Waals surface area contributed by atoms with Gasteiger partial charge in [0.25, 0.3) is 5.91 Å². The summed E-state index contributed by atoms with van der Waals surface area (Å²) in [6, 6.07) is 14.9. The Morgan fingerprint density at radius 1 is 1.03 bits per heavy atom. The van der Waals surface area contributed by atoms with Crippen molar-refractivity contribution in [3.8, 4) is 0 Å². The lowest BCUT2D eigenvalue weighted by Gasteiger charge is -2.15. The summed E-state index contributed by atoms with van der Waals surface area (Å²) in [5.41, 5.74) is 3.03. The van der Waals surface area contributed by atoms with Crippen molar-refractivity contribution in [3.05, 3.63) is 59.7 Å². The molecule has 0 aromatic heterocycles. The van der Waals surface area contributed by atoms with E-state index < -0.39 is 0 Å². The topological polar surface area (TPSA) is 82.6 Å². The lowest BCUT2D eigenvalue weighted by molar-refractivity contribution is 0.0968. The minimum atomic E-state index is -0.187. The Bertz CT molecular complexity index is 932. The summed E-state index contributed by atoms with van der Waals surface area (Å²) in [6.07, 6.45) is 6.41. The molecule has 3 N–H and O–H groups in total. The first-order chi connectivity index (χ1) is 14.7. The summed E-state index contributed by atoms with van der Waals surface area (Å²) in [7, 11) is 0. The molecule has 30 heavy (non-hydrogen) atoms.